The lowest BCUT2D eigenvalue weighted by molar-refractivity contribution is 0.840. The van der Waals surface area contributed by atoms with Gasteiger partial charge in [0, 0.05) is 0 Å². The molecule has 0 saturated heterocycles. The van der Waals surface area contributed by atoms with Gasteiger partial charge in [-0.2, -0.15) is 5.26 Å². The van der Waals surface area contributed by atoms with E-state index in [9.17, 15) is 0 Å². The maximum atomic E-state index is 8.84. The summed E-state index contributed by atoms with van der Waals surface area (Å²) in [5.74, 6) is 0. The van der Waals surface area contributed by atoms with E-state index in [2.05, 4.69) is 16.0 Å². The van der Waals surface area contributed by atoms with Crippen LogP contribution >= 0.6 is 11.6 Å². The highest BCUT2D eigenvalue weighted by atomic mass is 35.5. The minimum atomic E-state index is -0.377. The number of aromatic nitrogens is 2. The van der Waals surface area contributed by atoms with Gasteiger partial charge in [-0.05, 0) is 12.8 Å². The summed E-state index contributed by atoms with van der Waals surface area (Å²) in [6.07, 6.45) is 4.83. The lowest BCUT2D eigenvalue weighted by atomic mass is 10.1. The normalized spacial score (nSPS) is 18.3. The lowest BCUT2D eigenvalue weighted by Gasteiger charge is -2.02. The minimum Gasteiger partial charge on any atom is -0.260 e. The molecule has 60 valence electrons. The molecule has 0 amide bonds. The van der Waals surface area contributed by atoms with Crippen LogP contribution in [0.3, 0.4) is 0 Å². The second-order valence-electron chi connectivity index (χ2n) is 2.92. The van der Waals surface area contributed by atoms with E-state index in [4.69, 9.17) is 16.9 Å². The molecule has 0 aliphatic heterocycles. The Hall–Kier alpha value is -1.14. The van der Waals surface area contributed by atoms with E-state index >= 15 is 0 Å². The Morgan fingerprint density at radius 3 is 2.75 bits per heavy atom. The zero-order chi connectivity index (χ0) is 8.60. The van der Waals surface area contributed by atoms with Crippen LogP contribution in [0.15, 0.2) is 12.4 Å². The van der Waals surface area contributed by atoms with Crippen LogP contribution in [0.2, 0.25) is 5.15 Å². The van der Waals surface area contributed by atoms with E-state index in [1.807, 2.05) is 0 Å². The van der Waals surface area contributed by atoms with Crippen LogP contribution in [0.1, 0.15) is 18.5 Å². The van der Waals surface area contributed by atoms with Crippen molar-refractivity contribution in [2.24, 2.45) is 0 Å². The van der Waals surface area contributed by atoms with Crippen LogP contribution < -0.4 is 0 Å². The molecule has 4 heteroatoms. The van der Waals surface area contributed by atoms with Crippen LogP contribution in [0, 0.1) is 11.3 Å². The van der Waals surface area contributed by atoms with Gasteiger partial charge < -0.3 is 0 Å². The summed E-state index contributed by atoms with van der Waals surface area (Å²) in [5, 5.41) is 9.20. The number of hydrogen-bond acceptors (Lipinski definition) is 3. The number of nitrogens with zero attached hydrogens (tertiary/aromatic N) is 3. The average molecular weight is 180 g/mol. The zero-order valence-electron chi connectivity index (χ0n) is 6.29. The molecule has 0 bridgehead atoms. The van der Waals surface area contributed by atoms with Gasteiger partial charge in [0.05, 0.1) is 24.2 Å². The van der Waals surface area contributed by atoms with Crippen molar-refractivity contribution in [3.8, 4) is 6.07 Å². The molecule has 2 rings (SSSR count). The molecule has 1 aromatic heterocycles. The second kappa shape index (κ2) is 2.43. The van der Waals surface area contributed by atoms with Gasteiger partial charge in [-0.3, -0.25) is 4.98 Å². The Balaban J connectivity index is 2.42. The Bertz CT molecular complexity index is 352. The fourth-order valence-corrected chi connectivity index (χ4v) is 1.27. The van der Waals surface area contributed by atoms with Crippen LogP contribution in [0.4, 0.5) is 0 Å². The molecule has 1 aromatic rings. The fourth-order valence-electron chi connectivity index (χ4n) is 1.12. The van der Waals surface area contributed by atoms with Crippen molar-refractivity contribution in [2.45, 2.75) is 18.3 Å². The maximum Gasteiger partial charge on any atom is 0.147 e. The second-order valence-corrected chi connectivity index (χ2v) is 3.31. The van der Waals surface area contributed by atoms with E-state index in [1.165, 1.54) is 6.20 Å². The average Bonchev–Trinajstić information content (AvgIpc) is 2.84. The molecule has 0 atom stereocenters. The fraction of sp³-hybridized carbons (Fsp3) is 0.375. The predicted octanol–water partition coefficient (Wildman–Crippen LogP) is 1.69. The first-order valence-electron chi connectivity index (χ1n) is 3.66. The Morgan fingerprint density at radius 1 is 1.50 bits per heavy atom. The van der Waals surface area contributed by atoms with Crippen molar-refractivity contribution in [2.75, 3.05) is 0 Å². The molecule has 0 unspecified atom stereocenters. The molecule has 12 heavy (non-hydrogen) atoms. The third kappa shape index (κ3) is 1.05. The first-order valence-corrected chi connectivity index (χ1v) is 4.04. The van der Waals surface area contributed by atoms with Gasteiger partial charge in [0.2, 0.25) is 0 Å². The van der Waals surface area contributed by atoms with Crippen molar-refractivity contribution in [3.63, 3.8) is 0 Å². The van der Waals surface area contributed by atoms with E-state index < -0.39 is 0 Å². The SMILES string of the molecule is N#CC1(c2cncc(Cl)n2)CC1. The van der Waals surface area contributed by atoms with Crippen LogP contribution in [0.5, 0.6) is 0 Å². The van der Waals surface area contributed by atoms with E-state index in [1.54, 1.807) is 6.20 Å². The van der Waals surface area contributed by atoms with Crippen LogP contribution in [0.25, 0.3) is 0 Å². The summed E-state index contributed by atoms with van der Waals surface area (Å²) in [6.45, 7) is 0. The first-order chi connectivity index (χ1) is 5.77. The summed E-state index contributed by atoms with van der Waals surface area (Å²) >= 11 is 5.65. The minimum absolute atomic E-state index is 0.356. The smallest absolute Gasteiger partial charge is 0.147 e. The standard InChI is InChI=1S/C8H6ClN3/c9-7-4-11-3-6(12-7)8(5-10)1-2-8/h3-4H,1-2H2. The van der Waals surface area contributed by atoms with E-state index in [0.717, 1.165) is 12.8 Å². The highest BCUT2D eigenvalue weighted by molar-refractivity contribution is 6.29. The monoisotopic (exact) mass is 179 g/mol. The van der Waals surface area contributed by atoms with Crippen molar-refractivity contribution < 1.29 is 0 Å². The molecule has 1 fully saturated rings. The van der Waals surface area contributed by atoms with Gasteiger partial charge in [0.25, 0.3) is 0 Å². The largest absolute Gasteiger partial charge is 0.260 e. The van der Waals surface area contributed by atoms with Gasteiger partial charge in [-0.25, -0.2) is 4.98 Å². The molecular formula is C8H6ClN3. The first kappa shape index (κ1) is 7.51. The summed E-state index contributed by atoms with van der Waals surface area (Å²) in [4.78, 5) is 7.95. The highest BCUT2D eigenvalue weighted by Crippen LogP contribution is 2.46. The summed E-state index contributed by atoms with van der Waals surface area (Å²) < 4.78 is 0. The molecule has 3 nitrogen and oxygen atoms in total. The van der Waals surface area contributed by atoms with Crippen LogP contribution in [-0.2, 0) is 5.41 Å². The van der Waals surface area contributed by atoms with Gasteiger partial charge in [0.1, 0.15) is 10.6 Å². The zero-order valence-corrected chi connectivity index (χ0v) is 7.04. The molecule has 1 aliphatic rings. The number of hydrogen-bond donors (Lipinski definition) is 0. The molecule has 1 heterocycles. The van der Waals surface area contributed by atoms with Gasteiger partial charge in [-0.1, -0.05) is 11.6 Å². The molecule has 0 N–H and O–H groups in total. The maximum absolute atomic E-state index is 8.84. The van der Waals surface area contributed by atoms with Crippen molar-refractivity contribution in [1.82, 2.24) is 9.97 Å². The summed E-state index contributed by atoms with van der Waals surface area (Å²) in [6, 6.07) is 2.23. The number of rotatable bonds is 1. The van der Waals surface area contributed by atoms with Gasteiger partial charge in [-0.15, -0.1) is 0 Å². The number of halogens is 1. The number of nitriles is 1. The Kier molecular flexibility index (Phi) is 1.52. The van der Waals surface area contributed by atoms with Crippen molar-refractivity contribution in [3.05, 3.63) is 23.2 Å². The summed E-state index contributed by atoms with van der Waals surface area (Å²) in [7, 11) is 0. The third-order valence-electron chi connectivity index (χ3n) is 2.06. The Morgan fingerprint density at radius 2 is 2.25 bits per heavy atom. The lowest BCUT2D eigenvalue weighted by Crippen LogP contribution is -2.05. The Labute approximate surface area is 75.0 Å². The van der Waals surface area contributed by atoms with Gasteiger partial charge >= 0.3 is 0 Å². The molecule has 0 spiro atoms. The molecule has 1 saturated carbocycles. The van der Waals surface area contributed by atoms with E-state index in [-0.39, 0.29) is 5.41 Å². The molecule has 0 radical (unpaired) electrons. The quantitative estimate of drug-likeness (QED) is 0.659. The topological polar surface area (TPSA) is 49.6 Å². The molecule has 1 aliphatic carbocycles. The molecular weight excluding hydrogens is 174 g/mol. The van der Waals surface area contributed by atoms with Crippen molar-refractivity contribution in [1.29, 1.82) is 5.26 Å². The van der Waals surface area contributed by atoms with Gasteiger partial charge in [0.15, 0.2) is 0 Å². The third-order valence-corrected chi connectivity index (χ3v) is 2.24. The van der Waals surface area contributed by atoms with Crippen LogP contribution in [-0.4, -0.2) is 9.97 Å². The van der Waals surface area contributed by atoms with E-state index in [0.29, 0.717) is 10.8 Å². The summed E-state index contributed by atoms with van der Waals surface area (Å²) in [5.41, 5.74) is 0.329. The predicted molar refractivity (Wildman–Crippen MR) is 43.6 cm³/mol. The molecule has 0 aromatic carbocycles. The highest BCUT2D eigenvalue weighted by Gasteiger charge is 2.46. The van der Waals surface area contributed by atoms with Crippen molar-refractivity contribution >= 4 is 11.6 Å².